The Morgan fingerprint density at radius 2 is 2.35 bits per heavy atom. The van der Waals surface area contributed by atoms with Gasteiger partial charge in [0.25, 0.3) is 5.91 Å². The zero-order chi connectivity index (χ0) is 13.0. The van der Waals surface area contributed by atoms with Crippen molar-refractivity contribution in [3.05, 3.63) is 19.2 Å². The van der Waals surface area contributed by atoms with Crippen LogP contribution in [0.15, 0.2) is 18.8 Å². The molecule has 1 unspecified atom stereocenters. The highest BCUT2D eigenvalue weighted by atomic mass is 79.9. The number of carbonyl (C=O) groups excluding carboxylic acids is 1. The van der Waals surface area contributed by atoms with Gasteiger partial charge in [0.1, 0.15) is 5.84 Å². The monoisotopic (exact) mass is 383 g/mol. The van der Waals surface area contributed by atoms with Gasteiger partial charge in [0, 0.05) is 12.5 Å². The van der Waals surface area contributed by atoms with Crippen LogP contribution in [0.2, 0.25) is 0 Å². The quantitative estimate of drug-likeness (QED) is 0.322. The molecular weight excluding hydrogens is 374 g/mol. The number of hydrogen-bond acceptors (Lipinski definition) is 4. The third kappa shape index (κ3) is 4.29. The van der Waals surface area contributed by atoms with Gasteiger partial charge in [-0.25, -0.2) is 0 Å². The molecule has 1 atom stereocenters. The Kier molecular flexibility index (Phi) is 5.41. The summed E-state index contributed by atoms with van der Waals surface area (Å²) in [6.45, 7) is 1.78. The largest absolute Gasteiger partial charge is 0.409 e. The van der Waals surface area contributed by atoms with Gasteiger partial charge >= 0.3 is 0 Å². The van der Waals surface area contributed by atoms with Crippen molar-refractivity contribution in [3.8, 4) is 0 Å². The van der Waals surface area contributed by atoms with Gasteiger partial charge in [-0.15, -0.1) is 11.3 Å². The molecule has 0 saturated carbocycles. The fraction of sp³-hybridized carbons (Fsp3) is 0.333. The topological polar surface area (TPSA) is 87.7 Å². The van der Waals surface area contributed by atoms with Gasteiger partial charge in [-0.05, 0) is 44.8 Å². The predicted octanol–water partition coefficient (Wildman–Crippen LogP) is 2.53. The van der Waals surface area contributed by atoms with Gasteiger partial charge in [0.15, 0.2) is 0 Å². The molecule has 1 heterocycles. The minimum atomic E-state index is -0.205. The second-order valence-corrected chi connectivity index (χ2v) is 7.16. The summed E-state index contributed by atoms with van der Waals surface area (Å²) in [6, 6.07) is 1.53. The van der Waals surface area contributed by atoms with E-state index in [2.05, 4.69) is 42.3 Å². The second-order valence-electron chi connectivity index (χ2n) is 3.41. The summed E-state index contributed by atoms with van der Waals surface area (Å²) < 4.78 is 1.64. The smallest absolute Gasteiger partial charge is 0.253 e. The number of rotatable bonds is 4. The van der Waals surface area contributed by atoms with Crippen LogP contribution in [0, 0.1) is 0 Å². The molecule has 0 spiro atoms. The molecule has 0 bridgehead atoms. The van der Waals surface area contributed by atoms with Crippen LogP contribution in [0.1, 0.15) is 23.7 Å². The minimum Gasteiger partial charge on any atom is -0.409 e. The van der Waals surface area contributed by atoms with Gasteiger partial charge < -0.3 is 16.3 Å². The van der Waals surface area contributed by atoms with E-state index in [4.69, 9.17) is 10.9 Å². The molecule has 5 nitrogen and oxygen atoms in total. The van der Waals surface area contributed by atoms with E-state index in [0.29, 0.717) is 12.0 Å². The highest BCUT2D eigenvalue weighted by molar-refractivity contribution is 9.12. The van der Waals surface area contributed by atoms with Gasteiger partial charge in [-0.1, -0.05) is 5.16 Å². The molecule has 1 amide bonds. The number of halogens is 2. The normalized spacial score (nSPS) is 13.5. The Morgan fingerprint density at radius 1 is 1.71 bits per heavy atom. The zero-order valence-corrected chi connectivity index (χ0v) is 12.9. The van der Waals surface area contributed by atoms with Crippen LogP contribution in [-0.2, 0) is 0 Å². The first kappa shape index (κ1) is 14.5. The molecule has 1 aromatic rings. The van der Waals surface area contributed by atoms with Crippen LogP contribution in [0.3, 0.4) is 0 Å². The van der Waals surface area contributed by atoms with Crippen LogP contribution in [0.5, 0.6) is 0 Å². The summed E-state index contributed by atoms with van der Waals surface area (Å²) in [6.07, 6.45) is 0.297. The highest BCUT2D eigenvalue weighted by Gasteiger charge is 2.16. The molecule has 8 heteroatoms. The summed E-state index contributed by atoms with van der Waals surface area (Å²) in [5.41, 5.74) is 5.92. The van der Waals surface area contributed by atoms with E-state index >= 15 is 0 Å². The van der Waals surface area contributed by atoms with Crippen molar-refractivity contribution in [2.45, 2.75) is 19.4 Å². The zero-order valence-electron chi connectivity index (χ0n) is 8.91. The van der Waals surface area contributed by atoms with E-state index in [1.165, 1.54) is 11.3 Å². The molecule has 1 rings (SSSR count). The van der Waals surface area contributed by atoms with Crippen molar-refractivity contribution < 1.29 is 10.0 Å². The summed E-state index contributed by atoms with van der Waals surface area (Å²) in [5, 5.41) is 14.0. The number of amides is 1. The molecule has 4 N–H and O–H groups in total. The minimum absolute atomic E-state index is 0.0864. The average Bonchev–Trinajstić information content (AvgIpc) is 2.57. The first-order chi connectivity index (χ1) is 7.93. The second kappa shape index (κ2) is 6.36. The summed E-state index contributed by atoms with van der Waals surface area (Å²) >= 11 is 8.04. The van der Waals surface area contributed by atoms with Crippen LogP contribution < -0.4 is 11.1 Å². The van der Waals surface area contributed by atoms with Crippen LogP contribution in [-0.4, -0.2) is 23.0 Å². The number of thiophene rings is 1. The molecular formula is C9H11Br2N3O2S. The summed E-state index contributed by atoms with van der Waals surface area (Å²) in [5.74, 6) is -0.111. The van der Waals surface area contributed by atoms with Gasteiger partial charge in [-0.2, -0.15) is 0 Å². The maximum Gasteiger partial charge on any atom is 0.253 e. The number of nitrogens with one attached hydrogen (secondary N) is 1. The van der Waals surface area contributed by atoms with Crippen LogP contribution >= 0.6 is 43.2 Å². The molecule has 0 saturated heterocycles. The lowest BCUT2D eigenvalue weighted by atomic mass is 10.2. The Hall–Kier alpha value is -0.600. The van der Waals surface area contributed by atoms with Gasteiger partial charge in [0.05, 0.1) is 13.1 Å². The average molecular weight is 385 g/mol. The molecule has 0 fully saturated rings. The summed E-state index contributed by atoms with van der Waals surface area (Å²) in [7, 11) is 0. The van der Waals surface area contributed by atoms with Gasteiger partial charge in [0.2, 0.25) is 0 Å². The van der Waals surface area contributed by atoms with Crippen LogP contribution in [0.25, 0.3) is 0 Å². The predicted molar refractivity (Wildman–Crippen MR) is 74.7 cm³/mol. The first-order valence-electron chi connectivity index (χ1n) is 4.66. The van der Waals surface area contributed by atoms with E-state index in [1.54, 1.807) is 13.0 Å². The SMILES string of the molecule is CC(C/C(N)=N/O)NC(=O)c1cc(Br)sc1Br. The lowest BCUT2D eigenvalue weighted by molar-refractivity contribution is 0.0941. The maximum atomic E-state index is 11.9. The van der Waals surface area contributed by atoms with Crippen molar-refractivity contribution in [2.75, 3.05) is 0 Å². The van der Waals surface area contributed by atoms with E-state index in [1.807, 2.05) is 0 Å². The first-order valence-corrected chi connectivity index (χ1v) is 7.06. The van der Waals surface area contributed by atoms with Crippen molar-refractivity contribution in [3.63, 3.8) is 0 Å². The van der Waals surface area contributed by atoms with E-state index in [0.717, 1.165) is 7.57 Å². The maximum absolute atomic E-state index is 11.9. The standard InChI is InChI=1S/C9H11Br2N3O2S/c1-4(2-7(12)14-16)13-9(15)5-3-6(10)17-8(5)11/h3-4,16H,2H2,1H3,(H2,12,14)(H,13,15). The number of carbonyl (C=O) groups is 1. The van der Waals surface area contributed by atoms with E-state index in [-0.39, 0.29) is 17.8 Å². The summed E-state index contributed by atoms with van der Waals surface area (Å²) in [4.78, 5) is 11.9. The third-order valence-electron chi connectivity index (χ3n) is 1.92. The fourth-order valence-electron chi connectivity index (χ4n) is 1.20. The van der Waals surface area contributed by atoms with Crippen LogP contribution in [0.4, 0.5) is 0 Å². The van der Waals surface area contributed by atoms with Crippen molar-refractivity contribution in [2.24, 2.45) is 10.9 Å². The van der Waals surface area contributed by atoms with Gasteiger partial charge in [-0.3, -0.25) is 4.79 Å². The Morgan fingerprint density at radius 3 is 2.82 bits per heavy atom. The van der Waals surface area contributed by atoms with Crippen molar-refractivity contribution in [1.82, 2.24) is 5.32 Å². The van der Waals surface area contributed by atoms with E-state index < -0.39 is 0 Å². The molecule has 0 aromatic carbocycles. The lowest BCUT2D eigenvalue weighted by Crippen LogP contribution is -2.35. The molecule has 0 aliphatic rings. The Labute approximate surface area is 119 Å². The number of amidine groups is 1. The molecule has 94 valence electrons. The molecule has 0 aliphatic carbocycles. The van der Waals surface area contributed by atoms with Crippen molar-refractivity contribution in [1.29, 1.82) is 0 Å². The molecule has 1 aromatic heterocycles. The molecule has 0 radical (unpaired) electrons. The van der Waals surface area contributed by atoms with E-state index in [9.17, 15) is 4.79 Å². The number of oxime groups is 1. The number of nitrogens with two attached hydrogens (primary N) is 1. The van der Waals surface area contributed by atoms with Crippen molar-refractivity contribution >= 4 is 54.9 Å². The Balaban J connectivity index is 2.63. The lowest BCUT2D eigenvalue weighted by Gasteiger charge is -2.12. The third-order valence-corrected chi connectivity index (χ3v) is 4.26. The number of nitrogens with zero attached hydrogens (tertiary/aromatic N) is 1. The number of hydrogen-bond donors (Lipinski definition) is 3. The highest BCUT2D eigenvalue weighted by Crippen LogP contribution is 2.31. The molecule has 0 aliphatic heterocycles. The Bertz CT molecular complexity index is 447. The fourth-order valence-corrected chi connectivity index (χ4v) is 4.00. The molecule has 17 heavy (non-hydrogen) atoms.